The normalized spacial score (nSPS) is 11.7. The van der Waals surface area contributed by atoms with E-state index in [1.54, 1.807) is 0 Å². The number of anilines is 1. The van der Waals surface area contributed by atoms with Crippen LogP contribution < -0.4 is 5.43 Å². The first kappa shape index (κ1) is 16.4. The van der Waals surface area contributed by atoms with Crippen LogP contribution in [-0.2, 0) is 0 Å². The lowest BCUT2D eigenvalue weighted by molar-refractivity contribution is 1.24. The number of hydrazone groups is 1. The molecule has 0 saturated carbocycles. The van der Waals surface area contributed by atoms with Gasteiger partial charge in [0.15, 0.2) is 0 Å². The fraction of sp³-hybridized carbons (Fsp3) is 0. The smallest absolute Gasteiger partial charge is 0.270 e. The molecule has 27 heavy (non-hydrogen) atoms. The first-order valence-electron chi connectivity index (χ1n) is 8.45. The molecule has 0 heterocycles. The average Bonchev–Trinajstić information content (AvgIpc) is 2.73. The van der Waals surface area contributed by atoms with Gasteiger partial charge in [0.25, 0.3) is 5.84 Å². The van der Waals surface area contributed by atoms with Gasteiger partial charge in [-0.05, 0) is 45.8 Å². The van der Waals surface area contributed by atoms with Crippen LogP contribution in [0.15, 0.2) is 100 Å². The molecule has 1 N–H and O–H groups in total. The second-order valence-corrected chi connectivity index (χ2v) is 5.95. The molecule has 0 aliphatic heterocycles. The third-order valence-electron chi connectivity index (χ3n) is 4.13. The summed E-state index contributed by atoms with van der Waals surface area (Å²) in [6, 6.07) is 29.6. The predicted molar refractivity (Wildman–Crippen MR) is 109 cm³/mol. The minimum absolute atomic E-state index is 0.0451. The van der Waals surface area contributed by atoms with Gasteiger partial charge in [0.1, 0.15) is 6.07 Å². The van der Waals surface area contributed by atoms with Gasteiger partial charge in [-0.3, -0.25) is 5.43 Å². The standard InChI is InChI=1S/C22H15N5/c23-15-22(26-24-20-11-9-16-5-1-3-7-18(16)13-20)27-25-21-12-10-17-6-2-4-8-19(17)14-21/h1-14,24H/b26-22+,27-25?. The minimum atomic E-state index is -0.0451. The third kappa shape index (κ3) is 3.80. The van der Waals surface area contributed by atoms with Gasteiger partial charge in [-0.1, -0.05) is 60.7 Å². The Hall–Kier alpha value is -4.04. The Balaban J connectivity index is 1.53. The third-order valence-corrected chi connectivity index (χ3v) is 4.13. The van der Waals surface area contributed by atoms with Crippen LogP contribution in [0.1, 0.15) is 0 Å². The number of amidine groups is 1. The van der Waals surface area contributed by atoms with E-state index in [-0.39, 0.29) is 5.84 Å². The number of rotatable bonds is 3. The predicted octanol–water partition coefficient (Wildman–Crippen LogP) is 6.03. The summed E-state index contributed by atoms with van der Waals surface area (Å²) in [5.41, 5.74) is 4.31. The molecule has 0 aliphatic carbocycles. The lowest BCUT2D eigenvalue weighted by atomic mass is 10.1. The fourth-order valence-electron chi connectivity index (χ4n) is 2.79. The minimum Gasteiger partial charge on any atom is -0.276 e. The highest BCUT2D eigenvalue weighted by molar-refractivity contribution is 5.97. The van der Waals surface area contributed by atoms with E-state index in [0.29, 0.717) is 5.69 Å². The maximum Gasteiger partial charge on any atom is 0.270 e. The zero-order valence-electron chi connectivity index (χ0n) is 14.4. The van der Waals surface area contributed by atoms with E-state index in [4.69, 9.17) is 0 Å². The molecule has 0 aliphatic rings. The lowest BCUT2D eigenvalue weighted by Crippen LogP contribution is -1.95. The van der Waals surface area contributed by atoms with Crippen LogP contribution in [0, 0.1) is 11.3 Å². The van der Waals surface area contributed by atoms with E-state index in [1.807, 2.05) is 91.0 Å². The highest BCUT2D eigenvalue weighted by atomic mass is 15.3. The molecular weight excluding hydrogens is 334 g/mol. The number of nitrogens with one attached hydrogen (secondary N) is 1. The molecule has 0 amide bonds. The molecule has 5 heteroatoms. The summed E-state index contributed by atoms with van der Waals surface area (Å²) in [7, 11) is 0. The van der Waals surface area contributed by atoms with E-state index in [2.05, 4.69) is 20.8 Å². The highest BCUT2D eigenvalue weighted by Gasteiger charge is 1.99. The summed E-state index contributed by atoms with van der Waals surface area (Å²) >= 11 is 0. The summed E-state index contributed by atoms with van der Waals surface area (Å²) in [6.07, 6.45) is 0. The average molecular weight is 349 g/mol. The van der Waals surface area contributed by atoms with Gasteiger partial charge >= 0.3 is 0 Å². The van der Waals surface area contributed by atoms with Crippen molar-refractivity contribution in [3.8, 4) is 6.07 Å². The summed E-state index contributed by atoms with van der Waals surface area (Å²) in [6.45, 7) is 0. The molecule has 0 radical (unpaired) electrons. The Morgan fingerprint density at radius 2 is 1.37 bits per heavy atom. The first-order valence-corrected chi connectivity index (χ1v) is 8.45. The molecule has 4 rings (SSSR count). The van der Waals surface area contributed by atoms with Crippen molar-refractivity contribution in [1.82, 2.24) is 0 Å². The molecule has 0 unspecified atom stereocenters. The maximum atomic E-state index is 9.25. The van der Waals surface area contributed by atoms with Crippen LogP contribution in [0.2, 0.25) is 0 Å². The van der Waals surface area contributed by atoms with Gasteiger partial charge in [-0.15, -0.1) is 15.3 Å². The van der Waals surface area contributed by atoms with Gasteiger partial charge in [-0.25, -0.2) is 0 Å². The van der Waals surface area contributed by atoms with Crippen molar-refractivity contribution in [2.45, 2.75) is 0 Å². The monoisotopic (exact) mass is 349 g/mol. The van der Waals surface area contributed by atoms with E-state index in [9.17, 15) is 5.26 Å². The van der Waals surface area contributed by atoms with Crippen LogP contribution in [0.25, 0.3) is 21.5 Å². The second-order valence-electron chi connectivity index (χ2n) is 5.95. The second kappa shape index (κ2) is 7.46. The molecule has 5 nitrogen and oxygen atoms in total. The Bertz CT molecular complexity index is 1220. The van der Waals surface area contributed by atoms with Gasteiger partial charge in [0.2, 0.25) is 0 Å². The van der Waals surface area contributed by atoms with Crippen molar-refractivity contribution in [3.63, 3.8) is 0 Å². The van der Waals surface area contributed by atoms with Crippen molar-refractivity contribution in [3.05, 3.63) is 84.9 Å². The molecule has 0 saturated heterocycles. The lowest BCUT2D eigenvalue weighted by Gasteiger charge is -2.02. The van der Waals surface area contributed by atoms with Crippen LogP contribution in [0.5, 0.6) is 0 Å². The van der Waals surface area contributed by atoms with E-state index < -0.39 is 0 Å². The molecule has 4 aromatic carbocycles. The largest absolute Gasteiger partial charge is 0.276 e. The topological polar surface area (TPSA) is 72.9 Å². The van der Waals surface area contributed by atoms with Gasteiger partial charge < -0.3 is 0 Å². The maximum absolute atomic E-state index is 9.25. The fourth-order valence-corrected chi connectivity index (χ4v) is 2.79. The van der Waals surface area contributed by atoms with Crippen LogP contribution in [0.4, 0.5) is 11.4 Å². The summed E-state index contributed by atoms with van der Waals surface area (Å²) in [4.78, 5) is 0. The van der Waals surface area contributed by atoms with Crippen LogP contribution >= 0.6 is 0 Å². The van der Waals surface area contributed by atoms with Crippen molar-refractivity contribution in [2.24, 2.45) is 15.3 Å². The molecule has 128 valence electrons. The van der Waals surface area contributed by atoms with Crippen LogP contribution in [-0.4, -0.2) is 5.84 Å². The Kier molecular flexibility index (Phi) is 4.54. The SMILES string of the molecule is N#C/C(N=Nc1ccc2ccccc2c1)=N\Nc1ccc2ccccc2c1. The van der Waals surface area contributed by atoms with Crippen molar-refractivity contribution < 1.29 is 0 Å². The number of nitrogens with zero attached hydrogens (tertiary/aromatic N) is 4. The molecule has 0 spiro atoms. The molecule has 0 atom stereocenters. The molecule has 0 fully saturated rings. The van der Waals surface area contributed by atoms with Gasteiger partial charge in [0, 0.05) is 0 Å². The zero-order chi connectivity index (χ0) is 18.5. The van der Waals surface area contributed by atoms with Crippen molar-refractivity contribution in [1.29, 1.82) is 5.26 Å². The van der Waals surface area contributed by atoms with E-state index in [1.165, 1.54) is 0 Å². The zero-order valence-corrected chi connectivity index (χ0v) is 14.4. The molecule has 4 aromatic rings. The Morgan fingerprint density at radius 1 is 0.741 bits per heavy atom. The number of fused-ring (bicyclic) bond motifs is 2. The number of hydrogen-bond donors (Lipinski definition) is 1. The summed E-state index contributed by atoms with van der Waals surface area (Å²) < 4.78 is 0. The van der Waals surface area contributed by atoms with Crippen molar-refractivity contribution in [2.75, 3.05) is 5.43 Å². The summed E-state index contributed by atoms with van der Waals surface area (Å²) in [5, 5.41) is 25.8. The van der Waals surface area contributed by atoms with E-state index in [0.717, 1.165) is 27.2 Å². The Labute approximate surface area is 156 Å². The molecule has 0 aromatic heterocycles. The summed E-state index contributed by atoms with van der Waals surface area (Å²) in [5.74, 6) is -0.0451. The van der Waals surface area contributed by atoms with Gasteiger partial charge in [-0.2, -0.15) is 5.26 Å². The first-order chi connectivity index (χ1) is 13.3. The number of azo groups is 1. The van der Waals surface area contributed by atoms with Crippen LogP contribution in [0.3, 0.4) is 0 Å². The number of nitriles is 1. The van der Waals surface area contributed by atoms with Gasteiger partial charge in [0.05, 0.1) is 11.4 Å². The molecular formula is C22H15N5. The Morgan fingerprint density at radius 3 is 2.07 bits per heavy atom. The van der Waals surface area contributed by atoms with Crippen molar-refractivity contribution >= 4 is 38.8 Å². The quantitative estimate of drug-likeness (QED) is 0.212. The van der Waals surface area contributed by atoms with E-state index >= 15 is 0 Å². The number of benzene rings is 4. The highest BCUT2D eigenvalue weighted by Crippen LogP contribution is 2.21. The number of hydrogen-bond acceptors (Lipinski definition) is 4. The molecule has 0 bridgehead atoms.